The van der Waals surface area contributed by atoms with Gasteiger partial charge in [-0.1, -0.05) is 6.07 Å². The van der Waals surface area contributed by atoms with Gasteiger partial charge in [0.25, 0.3) is 0 Å². The molecule has 1 aromatic rings. The zero-order chi connectivity index (χ0) is 14.5. The van der Waals surface area contributed by atoms with E-state index < -0.39 is 0 Å². The summed E-state index contributed by atoms with van der Waals surface area (Å²) >= 11 is 0. The van der Waals surface area contributed by atoms with Crippen LogP contribution in [0.1, 0.15) is 24.0 Å². The maximum Gasteiger partial charge on any atom is 0.237 e. The summed E-state index contributed by atoms with van der Waals surface area (Å²) in [6.07, 6.45) is 1.93. The number of nitrogens with zero attached hydrogens (tertiary/aromatic N) is 1. The van der Waals surface area contributed by atoms with Gasteiger partial charge < -0.3 is 15.5 Å². The van der Waals surface area contributed by atoms with Gasteiger partial charge in [-0.3, -0.25) is 4.79 Å². The minimum Gasteiger partial charge on any atom is -0.351 e. The van der Waals surface area contributed by atoms with Crippen molar-refractivity contribution in [2.24, 2.45) is 0 Å². The summed E-state index contributed by atoms with van der Waals surface area (Å²) in [5.74, 6) is -0.174. The molecule has 21 heavy (non-hydrogen) atoms. The van der Waals surface area contributed by atoms with Gasteiger partial charge in [0.15, 0.2) is 0 Å². The predicted octanol–water partition coefficient (Wildman–Crippen LogP) is 1.68. The molecule has 0 aromatic heterocycles. The van der Waals surface area contributed by atoms with E-state index in [1.165, 1.54) is 6.07 Å². The lowest BCUT2D eigenvalue weighted by Crippen LogP contribution is -2.40. The second-order valence-corrected chi connectivity index (χ2v) is 5.53. The van der Waals surface area contributed by atoms with E-state index >= 15 is 0 Å². The fourth-order valence-corrected chi connectivity index (χ4v) is 2.42. The van der Waals surface area contributed by atoms with Crippen LogP contribution in [0.15, 0.2) is 18.2 Å². The lowest BCUT2D eigenvalue weighted by atomic mass is 10.1. The Balaban J connectivity index is 0.00000220. The van der Waals surface area contributed by atoms with Gasteiger partial charge in [-0.25, -0.2) is 4.39 Å². The Morgan fingerprint density at radius 1 is 1.48 bits per heavy atom. The molecule has 0 aliphatic carbocycles. The highest BCUT2D eigenvalue weighted by Crippen LogP contribution is 2.12. The molecule has 2 N–H and O–H groups in total. The normalized spacial score (nSPS) is 17.6. The van der Waals surface area contributed by atoms with Crippen LogP contribution in [0.2, 0.25) is 0 Å². The molecule has 0 saturated carbocycles. The second-order valence-electron chi connectivity index (χ2n) is 5.53. The average Bonchev–Trinajstić information content (AvgIpc) is 2.92. The van der Waals surface area contributed by atoms with E-state index in [0.29, 0.717) is 18.7 Å². The van der Waals surface area contributed by atoms with Crippen LogP contribution in [0.3, 0.4) is 0 Å². The van der Waals surface area contributed by atoms with Gasteiger partial charge in [-0.05, 0) is 51.2 Å². The maximum atomic E-state index is 13.7. The number of benzene rings is 1. The molecule has 0 radical (unpaired) electrons. The SMILES string of the molecule is CN(C)Cc1cc(CNC(=O)[C@@H]2CCCN2)ccc1F.Cl. The van der Waals surface area contributed by atoms with Gasteiger partial charge in [0.1, 0.15) is 5.82 Å². The van der Waals surface area contributed by atoms with Gasteiger partial charge in [-0.2, -0.15) is 0 Å². The lowest BCUT2D eigenvalue weighted by Gasteiger charge is -2.14. The summed E-state index contributed by atoms with van der Waals surface area (Å²) in [5.41, 5.74) is 1.58. The van der Waals surface area contributed by atoms with Crippen LogP contribution >= 0.6 is 12.4 Å². The Morgan fingerprint density at radius 3 is 2.86 bits per heavy atom. The standard InChI is InChI=1S/C15H22FN3O.ClH/c1-19(2)10-12-8-11(5-6-13(12)16)9-18-15(20)14-4-3-7-17-14;/h5-6,8,14,17H,3-4,7,9-10H2,1-2H3,(H,18,20);1H/t14-;/m0./s1. The molecule has 6 heteroatoms. The molecule has 1 aliphatic heterocycles. The third-order valence-corrected chi connectivity index (χ3v) is 3.44. The van der Waals surface area contributed by atoms with Crippen LogP contribution in [-0.4, -0.2) is 37.5 Å². The van der Waals surface area contributed by atoms with Crippen molar-refractivity contribution in [3.05, 3.63) is 35.1 Å². The third-order valence-electron chi connectivity index (χ3n) is 3.44. The Labute approximate surface area is 131 Å². The first-order valence-corrected chi connectivity index (χ1v) is 6.99. The summed E-state index contributed by atoms with van der Waals surface area (Å²) in [6.45, 7) is 1.90. The molecule has 1 atom stereocenters. The van der Waals surface area contributed by atoms with E-state index in [1.807, 2.05) is 25.1 Å². The fourth-order valence-electron chi connectivity index (χ4n) is 2.42. The highest BCUT2D eigenvalue weighted by Gasteiger charge is 2.21. The molecule has 1 aliphatic rings. The monoisotopic (exact) mass is 315 g/mol. The van der Waals surface area contributed by atoms with Crippen molar-refractivity contribution < 1.29 is 9.18 Å². The van der Waals surface area contributed by atoms with Crippen molar-refractivity contribution in [3.8, 4) is 0 Å². The summed E-state index contributed by atoms with van der Waals surface area (Å²) < 4.78 is 13.7. The molecule has 1 amide bonds. The Kier molecular flexibility index (Phi) is 7.08. The fraction of sp³-hybridized carbons (Fsp3) is 0.533. The molecule has 0 spiro atoms. The third kappa shape index (κ3) is 5.26. The van der Waals surface area contributed by atoms with Gasteiger partial charge in [0, 0.05) is 18.7 Å². The van der Waals surface area contributed by atoms with E-state index in [1.54, 1.807) is 6.07 Å². The Bertz CT molecular complexity index is 476. The number of hydrogen-bond acceptors (Lipinski definition) is 3. The highest BCUT2D eigenvalue weighted by atomic mass is 35.5. The minimum absolute atomic E-state index is 0. The Morgan fingerprint density at radius 2 is 2.24 bits per heavy atom. The molecule has 0 bridgehead atoms. The molecule has 1 saturated heterocycles. The van der Waals surface area contributed by atoms with Crippen LogP contribution < -0.4 is 10.6 Å². The minimum atomic E-state index is -0.203. The zero-order valence-corrected chi connectivity index (χ0v) is 13.3. The number of carbonyl (C=O) groups excluding carboxylic acids is 1. The molecule has 4 nitrogen and oxygen atoms in total. The smallest absolute Gasteiger partial charge is 0.237 e. The summed E-state index contributed by atoms with van der Waals surface area (Å²) in [6, 6.07) is 4.93. The first kappa shape index (κ1) is 17.9. The van der Waals surface area contributed by atoms with Crippen LogP contribution in [-0.2, 0) is 17.9 Å². The quantitative estimate of drug-likeness (QED) is 0.869. The number of rotatable bonds is 5. The number of halogens is 2. The molecule has 1 fully saturated rings. The summed E-state index contributed by atoms with van der Waals surface area (Å²) in [4.78, 5) is 13.8. The van der Waals surface area contributed by atoms with Crippen molar-refractivity contribution in [3.63, 3.8) is 0 Å². The Hall–Kier alpha value is -1.17. The summed E-state index contributed by atoms with van der Waals surface area (Å²) in [5, 5.41) is 6.06. The van der Waals surface area contributed by atoms with E-state index in [2.05, 4.69) is 10.6 Å². The number of hydrogen-bond donors (Lipinski definition) is 2. The topological polar surface area (TPSA) is 44.4 Å². The van der Waals surface area contributed by atoms with Crippen molar-refractivity contribution in [2.45, 2.75) is 32.0 Å². The molecule has 1 aromatic carbocycles. The van der Waals surface area contributed by atoms with Gasteiger partial charge in [0.2, 0.25) is 5.91 Å². The lowest BCUT2D eigenvalue weighted by molar-refractivity contribution is -0.122. The van der Waals surface area contributed by atoms with E-state index in [0.717, 1.165) is 24.9 Å². The van der Waals surface area contributed by atoms with Crippen LogP contribution in [0, 0.1) is 5.82 Å². The van der Waals surface area contributed by atoms with Crippen LogP contribution in [0.25, 0.3) is 0 Å². The molecule has 2 rings (SSSR count). The van der Waals surface area contributed by atoms with E-state index in [4.69, 9.17) is 0 Å². The van der Waals surface area contributed by atoms with Gasteiger partial charge in [-0.15, -0.1) is 12.4 Å². The first-order chi connectivity index (χ1) is 9.56. The molecular weight excluding hydrogens is 293 g/mol. The van der Waals surface area contributed by atoms with Crippen LogP contribution in [0.5, 0.6) is 0 Å². The number of nitrogens with one attached hydrogen (secondary N) is 2. The zero-order valence-electron chi connectivity index (χ0n) is 12.5. The predicted molar refractivity (Wildman–Crippen MR) is 83.9 cm³/mol. The largest absolute Gasteiger partial charge is 0.351 e. The molecule has 0 unspecified atom stereocenters. The molecular formula is C15H23ClFN3O. The first-order valence-electron chi connectivity index (χ1n) is 6.99. The van der Waals surface area contributed by atoms with Crippen molar-refractivity contribution in [2.75, 3.05) is 20.6 Å². The average molecular weight is 316 g/mol. The van der Waals surface area contributed by atoms with Gasteiger partial charge >= 0.3 is 0 Å². The summed E-state index contributed by atoms with van der Waals surface area (Å²) in [7, 11) is 3.80. The number of carbonyl (C=O) groups is 1. The van der Waals surface area contributed by atoms with E-state index in [9.17, 15) is 9.18 Å². The van der Waals surface area contributed by atoms with Crippen molar-refractivity contribution in [1.29, 1.82) is 0 Å². The number of amides is 1. The van der Waals surface area contributed by atoms with Crippen molar-refractivity contribution >= 4 is 18.3 Å². The van der Waals surface area contributed by atoms with Crippen molar-refractivity contribution in [1.82, 2.24) is 15.5 Å². The van der Waals surface area contributed by atoms with Crippen LogP contribution in [0.4, 0.5) is 4.39 Å². The second kappa shape index (κ2) is 8.32. The molecule has 118 valence electrons. The maximum absolute atomic E-state index is 13.7. The highest BCUT2D eigenvalue weighted by molar-refractivity contribution is 5.85. The molecule has 1 heterocycles. The van der Waals surface area contributed by atoms with Gasteiger partial charge in [0.05, 0.1) is 6.04 Å². The van der Waals surface area contributed by atoms with E-state index in [-0.39, 0.29) is 30.2 Å².